The van der Waals surface area contributed by atoms with Crippen molar-refractivity contribution >= 4 is 5.82 Å². The molecule has 0 spiro atoms. The zero-order valence-corrected chi connectivity index (χ0v) is 11.9. The lowest BCUT2D eigenvalue weighted by Gasteiger charge is -2.25. The Labute approximate surface area is 111 Å². The second-order valence-corrected chi connectivity index (χ2v) is 5.19. The summed E-state index contributed by atoms with van der Waals surface area (Å²) in [5.41, 5.74) is 2.59. The van der Waals surface area contributed by atoms with E-state index in [-0.39, 0.29) is 0 Å². The predicted molar refractivity (Wildman–Crippen MR) is 77.0 cm³/mol. The molecule has 1 heterocycles. The minimum atomic E-state index is 0.746. The van der Waals surface area contributed by atoms with E-state index in [0.717, 1.165) is 25.7 Å². The van der Waals surface area contributed by atoms with Crippen LogP contribution >= 0.6 is 0 Å². The SMILES string of the molecule is CCCN(c1ncc(CNCC)cc1C)C1CC1. The third-order valence-electron chi connectivity index (χ3n) is 3.41. The zero-order chi connectivity index (χ0) is 13.0. The Morgan fingerprint density at radius 1 is 1.39 bits per heavy atom. The van der Waals surface area contributed by atoms with E-state index in [1.807, 2.05) is 6.20 Å². The number of nitrogens with one attached hydrogen (secondary N) is 1. The van der Waals surface area contributed by atoms with E-state index in [9.17, 15) is 0 Å². The van der Waals surface area contributed by atoms with Crippen LogP contribution in [0.2, 0.25) is 0 Å². The van der Waals surface area contributed by atoms with Crippen LogP contribution in [0.5, 0.6) is 0 Å². The van der Waals surface area contributed by atoms with Crippen LogP contribution in [0.4, 0.5) is 5.82 Å². The van der Waals surface area contributed by atoms with E-state index in [4.69, 9.17) is 4.98 Å². The fourth-order valence-electron chi connectivity index (χ4n) is 2.38. The van der Waals surface area contributed by atoms with Crippen LogP contribution in [0.1, 0.15) is 44.2 Å². The Bertz CT molecular complexity index is 385. The van der Waals surface area contributed by atoms with Crippen molar-refractivity contribution in [1.82, 2.24) is 10.3 Å². The van der Waals surface area contributed by atoms with Crippen molar-refractivity contribution < 1.29 is 0 Å². The lowest BCUT2D eigenvalue weighted by atomic mass is 10.2. The molecule has 100 valence electrons. The van der Waals surface area contributed by atoms with Crippen LogP contribution in [0, 0.1) is 6.92 Å². The van der Waals surface area contributed by atoms with Gasteiger partial charge in [0.1, 0.15) is 5.82 Å². The predicted octanol–water partition coefficient (Wildman–Crippen LogP) is 2.88. The monoisotopic (exact) mass is 247 g/mol. The maximum absolute atomic E-state index is 4.70. The van der Waals surface area contributed by atoms with Crippen molar-refractivity contribution in [2.24, 2.45) is 0 Å². The van der Waals surface area contributed by atoms with E-state index < -0.39 is 0 Å². The van der Waals surface area contributed by atoms with Gasteiger partial charge in [0.05, 0.1) is 0 Å². The van der Waals surface area contributed by atoms with Gasteiger partial charge in [0, 0.05) is 25.3 Å². The highest BCUT2D eigenvalue weighted by atomic mass is 15.2. The van der Waals surface area contributed by atoms with Crippen LogP contribution in [-0.4, -0.2) is 24.1 Å². The number of aryl methyl sites for hydroxylation is 1. The quantitative estimate of drug-likeness (QED) is 0.803. The average Bonchev–Trinajstić information content (AvgIpc) is 3.18. The molecule has 0 bridgehead atoms. The fraction of sp³-hybridized carbons (Fsp3) is 0.667. The van der Waals surface area contributed by atoms with Gasteiger partial charge in [0.25, 0.3) is 0 Å². The van der Waals surface area contributed by atoms with Gasteiger partial charge in [-0.05, 0) is 49.9 Å². The van der Waals surface area contributed by atoms with E-state index >= 15 is 0 Å². The molecule has 0 atom stereocenters. The summed E-state index contributed by atoms with van der Waals surface area (Å²) in [6.45, 7) is 9.61. The van der Waals surface area contributed by atoms with Gasteiger partial charge < -0.3 is 10.2 Å². The average molecular weight is 247 g/mol. The molecule has 0 radical (unpaired) electrons. The Hall–Kier alpha value is -1.09. The summed E-state index contributed by atoms with van der Waals surface area (Å²) in [6, 6.07) is 3.02. The Morgan fingerprint density at radius 3 is 2.72 bits per heavy atom. The number of hydrogen-bond acceptors (Lipinski definition) is 3. The van der Waals surface area contributed by atoms with Crippen molar-refractivity contribution in [1.29, 1.82) is 0 Å². The highest BCUT2D eigenvalue weighted by Crippen LogP contribution is 2.32. The van der Waals surface area contributed by atoms with Crippen molar-refractivity contribution in [3.8, 4) is 0 Å². The first kappa shape index (κ1) is 13.3. The molecule has 1 aliphatic carbocycles. The van der Waals surface area contributed by atoms with E-state index in [1.54, 1.807) is 0 Å². The number of aromatic nitrogens is 1. The smallest absolute Gasteiger partial charge is 0.131 e. The molecule has 18 heavy (non-hydrogen) atoms. The molecule has 1 aromatic rings. The normalized spacial score (nSPS) is 14.8. The van der Waals surface area contributed by atoms with Crippen LogP contribution in [-0.2, 0) is 6.54 Å². The highest BCUT2D eigenvalue weighted by Gasteiger charge is 2.30. The second-order valence-electron chi connectivity index (χ2n) is 5.19. The van der Waals surface area contributed by atoms with Crippen molar-refractivity contribution in [2.45, 2.75) is 52.6 Å². The zero-order valence-electron chi connectivity index (χ0n) is 11.9. The summed E-state index contributed by atoms with van der Waals surface area (Å²) in [5, 5.41) is 3.35. The van der Waals surface area contributed by atoms with Crippen molar-refractivity contribution in [3.05, 3.63) is 23.4 Å². The topological polar surface area (TPSA) is 28.2 Å². The van der Waals surface area contributed by atoms with Crippen LogP contribution in [0.15, 0.2) is 12.3 Å². The molecule has 0 amide bonds. The molecule has 2 rings (SSSR count). The number of nitrogens with zero attached hydrogens (tertiary/aromatic N) is 2. The Morgan fingerprint density at radius 2 is 2.17 bits per heavy atom. The largest absolute Gasteiger partial charge is 0.353 e. The highest BCUT2D eigenvalue weighted by molar-refractivity contribution is 5.49. The first-order chi connectivity index (χ1) is 8.76. The molecule has 0 aromatic carbocycles. The molecule has 3 heteroatoms. The number of pyridine rings is 1. The molecule has 1 fully saturated rings. The summed E-state index contributed by atoms with van der Waals surface area (Å²) >= 11 is 0. The molecule has 1 N–H and O–H groups in total. The molecular formula is C15H25N3. The molecule has 1 aliphatic rings. The van der Waals surface area contributed by atoms with Gasteiger partial charge in [-0.15, -0.1) is 0 Å². The molecule has 0 saturated heterocycles. The summed E-state index contributed by atoms with van der Waals surface area (Å²) in [4.78, 5) is 7.19. The van der Waals surface area contributed by atoms with Crippen molar-refractivity contribution in [2.75, 3.05) is 18.0 Å². The molecule has 3 nitrogen and oxygen atoms in total. The van der Waals surface area contributed by atoms with Crippen LogP contribution in [0.3, 0.4) is 0 Å². The second kappa shape index (κ2) is 6.19. The molecule has 0 unspecified atom stereocenters. The summed E-state index contributed by atoms with van der Waals surface area (Å²) in [6.07, 6.45) is 5.88. The summed E-state index contributed by atoms with van der Waals surface area (Å²) in [7, 11) is 0. The Kier molecular flexibility index (Phi) is 4.59. The van der Waals surface area contributed by atoms with E-state index in [1.165, 1.54) is 36.2 Å². The molecule has 1 aromatic heterocycles. The number of hydrogen-bond donors (Lipinski definition) is 1. The first-order valence-electron chi connectivity index (χ1n) is 7.19. The lowest BCUT2D eigenvalue weighted by Crippen LogP contribution is -2.28. The third-order valence-corrected chi connectivity index (χ3v) is 3.41. The summed E-state index contributed by atoms with van der Waals surface area (Å²) in [5.74, 6) is 1.19. The van der Waals surface area contributed by atoms with Crippen LogP contribution in [0.25, 0.3) is 0 Å². The lowest BCUT2D eigenvalue weighted by molar-refractivity contribution is 0.718. The number of rotatable bonds is 7. The third kappa shape index (κ3) is 3.22. The first-order valence-corrected chi connectivity index (χ1v) is 7.19. The van der Waals surface area contributed by atoms with Gasteiger partial charge in [-0.3, -0.25) is 0 Å². The molecule has 0 aliphatic heterocycles. The summed E-state index contributed by atoms with van der Waals surface area (Å²) < 4.78 is 0. The number of anilines is 1. The van der Waals surface area contributed by atoms with Gasteiger partial charge in [-0.25, -0.2) is 4.98 Å². The fourth-order valence-corrected chi connectivity index (χ4v) is 2.38. The molecular weight excluding hydrogens is 222 g/mol. The van der Waals surface area contributed by atoms with Gasteiger partial charge in [-0.2, -0.15) is 0 Å². The maximum Gasteiger partial charge on any atom is 0.131 e. The van der Waals surface area contributed by atoms with Gasteiger partial charge in [-0.1, -0.05) is 13.8 Å². The van der Waals surface area contributed by atoms with Gasteiger partial charge in [0.15, 0.2) is 0 Å². The minimum absolute atomic E-state index is 0.746. The minimum Gasteiger partial charge on any atom is -0.353 e. The van der Waals surface area contributed by atoms with E-state index in [0.29, 0.717) is 0 Å². The molecule has 1 saturated carbocycles. The van der Waals surface area contributed by atoms with Crippen LogP contribution < -0.4 is 10.2 Å². The van der Waals surface area contributed by atoms with Gasteiger partial charge in [0.2, 0.25) is 0 Å². The standard InChI is InChI=1S/C15H25N3/c1-4-8-18(14-6-7-14)15-12(3)9-13(11-17-15)10-16-5-2/h9,11,14,16H,4-8,10H2,1-3H3. The Balaban J connectivity index is 2.11. The maximum atomic E-state index is 4.70. The van der Waals surface area contributed by atoms with Gasteiger partial charge >= 0.3 is 0 Å². The van der Waals surface area contributed by atoms with Crippen molar-refractivity contribution in [3.63, 3.8) is 0 Å². The van der Waals surface area contributed by atoms with E-state index in [2.05, 4.69) is 37.1 Å².